The first-order valence-electron chi connectivity index (χ1n) is 10.0. The Morgan fingerprint density at radius 1 is 1.07 bits per heavy atom. The van der Waals surface area contributed by atoms with E-state index in [0.717, 1.165) is 30.8 Å². The molecule has 2 atom stereocenters. The van der Waals surface area contributed by atoms with Crippen LogP contribution in [0.2, 0.25) is 0 Å². The molecule has 6 nitrogen and oxygen atoms in total. The van der Waals surface area contributed by atoms with Crippen molar-refractivity contribution in [3.8, 4) is 11.5 Å². The first kappa shape index (κ1) is 19.1. The summed E-state index contributed by atoms with van der Waals surface area (Å²) in [5.41, 5.74) is 1.88. The maximum absolute atomic E-state index is 13.2. The van der Waals surface area contributed by atoms with Gasteiger partial charge >= 0.3 is 0 Å². The average Bonchev–Trinajstić information content (AvgIpc) is 3.16. The molecular formula is C23H22N2O4S. The third-order valence-corrected chi connectivity index (χ3v) is 7.38. The van der Waals surface area contributed by atoms with E-state index < -0.39 is 9.84 Å². The quantitative estimate of drug-likeness (QED) is 0.680. The van der Waals surface area contributed by atoms with Gasteiger partial charge < -0.3 is 14.8 Å². The summed E-state index contributed by atoms with van der Waals surface area (Å²) in [4.78, 5) is 4.64. The van der Waals surface area contributed by atoms with Crippen molar-refractivity contribution in [3.63, 3.8) is 0 Å². The number of ether oxygens (including phenoxy) is 2. The summed E-state index contributed by atoms with van der Waals surface area (Å²) in [6.45, 7) is 2.01. The normalized spacial score (nSPS) is 20.1. The standard InChI is InChI=1S/C23H22N2O4S/c26-30(27,18-6-3-5-17(12-18)28-15-16-4-1-2-10-25-16)19-7-8-20-21-9-11-24-14-23(21)29-22(20)13-19/h1-8,10,12-13,21,23-24H,9,11,14-15H2. The van der Waals surface area contributed by atoms with Gasteiger partial charge in [0, 0.05) is 24.2 Å². The van der Waals surface area contributed by atoms with Crippen LogP contribution in [-0.4, -0.2) is 32.6 Å². The third kappa shape index (κ3) is 3.55. The maximum Gasteiger partial charge on any atom is 0.206 e. The molecule has 7 heteroatoms. The zero-order valence-corrected chi connectivity index (χ0v) is 17.1. The van der Waals surface area contributed by atoms with Crippen molar-refractivity contribution < 1.29 is 17.9 Å². The number of nitrogens with zero attached hydrogens (tertiary/aromatic N) is 1. The molecule has 2 aromatic carbocycles. The van der Waals surface area contributed by atoms with Crippen molar-refractivity contribution in [2.45, 2.75) is 34.8 Å². The monoisotopic (exact) mass is 422 g/mol. The van der Waals surface area contributed by atoms with Crippen LogP contribution < -0.4 is 14.8 Å². The first-order valence-corrected chi connectivity index (χ1v) is 11.5. The lowest BCUT2D eigenvalue weighted by molar-refractivity contribution is 0.176. The number of pyridine rings is 1. The lowest BCUT2D eigenvalue weighted by atomic mass is 9.90. The van der Waals surface area contributed by atoms with Gasteiger partial charge in [0.15, 0.2) is 0 Å². The van der Waals surface area contributed by atoms with Crippen LogP contribution in [0.4, 0.5) is 0 Å². The van der Waals surface area contributed by atoms with Crippen molar-refractivity contribution >= 4 is 9.84 Å². The molecule has 1 N–H and O–H groups in total. The van der Waals surface area contributed by atoms with Crippen molar-refractivity contribution in [3.05, 3.63) is 78.1 Å². The Morgan fingerprint density at radius 3 is 2.83 bits per heavy atom. The topological polar surface area (TPSA) is 77.5 Å². The van der Waals surface area contributed by atoms with Crippen LogP contribution in [0, 0.1) is 0 Å². The zero-order chi connectivity index (χ0) is 20.6. The number of hydrogen-bond donors (Lipinski definition) is 1. The van der Waals surface area contributed by atoms with Gasteiger partial charge in [0.05, 0.1) is 15.5 Å². The van der Waals surface area contributed by atoms with Crippen LogP contribution in [0.15, 0.2) is 76.7 Å². The van der Waals surface area contributed by atoms with E-state index in [2.05, 4.69) is 10.3 Å². The minimum Gasteiger partial charge on any atom is -0.488 e. The molecule has 0 spiro atoms. The van der Waals surface area contributed by atoms with Gasteiger partial charge in [0.1, 0.15) is 24.2 Å². The molecule has 0 saturated carbocycles. The van der Waals surface area contributed by atoms with E-state index in [-0.39, 0.29) is 22.5 Å². The molecule has 154 valence electrons. The van der Waals surface area contributed by atoms with E-state index in [9.17, 15) is 8.42 Å². The van der Waals surface area contributed by atoms with Gasteiger partial charge in [0.25, 0.3) is 0 Å². The Labute approximate surface area is 175 Å². The van der Waals surface area contributed by atoms with E-state index in [1.807, 2.05) is 24.3 Å². The van der Waals surface area contributed by atoms with E-state index >= 15 is 0 Å². The average molecular weight is 423 g/mol. The molecule has 2 aliphatic rings. The number of hydrogen-bond acceptors (Lipinski definition) is 6. The number of fused-ring (bicyclic) bond motifs is 3. The molecule has 3 aromatic rings. The van der Waals surface area contributed by atoms with Crippen molar-refractivity contribution in [2.24, 2.45) is 0 Å². The van der Waals surface area contributed by atoms with Gasteiger partial charge in [-0.15, -0.1) is 0 Å². The molecule has 30 heavy (non-hydrogen) atoms. The highest BCUT2D eigenvalue weighted by atomic mass is 32.2. The summed E-state index contributed by atoms with van der Waals surface area (Å²) in [7, 11) is -3.69. The lowest BCUT2D eigenvalue weighted by Crippen LogP contribution is -2.39. The SMILES string of the molecule is O=S(=O)(c1cccc(OCc2ccccn2)c1)c1ccc2c(c1)OC1CNCCC21. The van der Waals surface area contributed by atoms with Crippen LogP contribution in [-0.2, 0) is 16.4 Å². The Morgan fingerprint density at radius 2 is 1.97 bits per heavy atom. The van der Waals surface area contributed by atoms with Crippen LogP contribution in [0.3, 0.4) is 0 Å². The smallest absolute Gasteiger partial charge is 0.206 e. The van der Waals surface area contributed by atoms with Gasteiger partial charge in [-0.1, -0.05) is 18.2 Å². The molecular weight excluding hydrogens is 400 g/mol. The summed E-state index contributed by atoms with van der Waals surface area (Å²) in [6, 6.07) is 17.4. The first-order chi connectivity index (χ1) is 14.6. The fraction of sp³-hybridized carbons (Fsp3) is 0.261. The Balaban J connectivity index is 1.39. The molecule has 2 unspecified atom stereocenters. The molecule has 3 heterocycles. The lowest BCUT2D eigenvalue weighted by Gasteiger charge is -2.24. The Kier molecular flexibility index (Phi) is 4.92. The van der Waals surface area contributed by atoms with Crippen LogP contribution in [0.5, 0.6) is 11.5 Å². The maximum atomic E-state index is 13.2. The van der Waals surface area contributed by atoms with Gasteiger partial charge in [-0.25, -0.2) is 8.42 Å². The molecule has 1 fully saturated rings. The van der Waals surface area contributed by atoms with Crippen LogP contribution in [0.1, 0.15) is 23.6 Å². The second-order valence-corrected chi connectivity index (χ2v) is 9.49. The van der Waals surface area contributed by atoms with E-state index in [4.69, 9.17) is 9.47 Å². The third-order valence-electron chi connectivity index (χ3n) is 5.63. The summed E-state index contributed by atoms with van der Waals surface area (Å²) >= 11 is 0. The molecule has 1 aromatic heterocycles. The summed E-state index contributed by atoms with van der Waals surface area (Å²) in [6.07, 6.45) is 2.77. The number of sulfone groups is 1. The highest BCUT2D eigenvalue weighted by Gasteiger charge is 2.36. The van der Waals surface area contributed by atoms with Gasteiger partial charge in [0.2, 0.25) is 9.84 Å². The Bertz CT molecular complexity index is 1160. The second kappa shape index (κ2) is 7.74. The largest absolute Gasteiger partial charge is 0.488 e. The van der Waals surface area contributed by atoms with Crippen molar-refractivity contribution in [2.75, 3.05) is 13.1 Å². The minimum atomic E-state index is -3.69. The highest BCUT2D eigenvalue weighted by Crippen LogP contribution is 2.42. The van der Waals surface area contributed by atoms with E-state index in [0.29, 0.717) is 17.4 Å². The van der Waals surface area contributed by atoms with Gasteiger partial charge in [-0.2, -0.15) is 0 Å². The highest BCUT2D eigenvalue weighted by molar-refractivity contribution is 7.91. The van der Waals surface area contributed by atoms with Crippen molar-refractivity contribution in [1.82, 2.24) is 10.3 Å². The zero-order valence-electron chi connectivity index (χ0n) is 16.3. The van der Waals surface area contributed by atoms with Crippen LogP contribution >= 0.6 is 0 Å². The molecule has 0 amide bonds. The molecule has 0 aliphatic carbocycles. The second-order valence-electron chi connectivity index (χ2n) is 7.54. The molecule has 1 saturated heterocycles. The number of piperidine rings is 1. The predicted octanol–water partition coefficient (Wildman–Crippen LogP) is 3.33. The fourth-order valence-corrected chi connectivity index (χ4v) is 5.38. The van der Waals surface area contributed by atoms with Crippen LogP contribution in [0.25, 0.3) is 0 Å². The predicted molar refractivity (Wildman–Crippen MR) is 112 cm³/mol. The van der Waals surface area contributed by atoms with Gasteiger partial charge in [-0.05, 0) is 55.4 Å². The number of benzene rings is 2. The molecule has 5 rings (SSSR count). The van der Waals surface area contributed by atoms with E-state index in [1.54, 1.807) is 42.6 Å². The number of nitrogens with one attached hydrogen (secondary N) is 1. The summed E-state index contributed by atoms with van der Waals surface area (Å²) in [5, 5.41) is 3.33. The van der Waals surface area contributed by atoms with Gasteiger partial charge in [-0.3, -0.25) is 4.98 Å². The Hall–Kier alpha value is -2.90. The fourth-order valence-electron chi connectivity index (χ4n) is 4.07. The molecule has 2 aliphatic heterocycles. The van der Waals surface area contributed by atoms with Crippen molar-refractivity contribution in [1.29, 1.82) is 0 Å². The summed E-state index contributed by atoms with van der Waals surface area (Å²) in [5.74, 6) is 1.50. The summed E-state index contributed by atoms with van der Waals surface area (Å²) < 4.78 is 38.3. The molecule has 0 bridgehead atoms. The van der Waals surface area contributed by atoms with E-state index in [1.165, 1.54) is 0 Å². The number of aromatic nitrogens is 1. The minimum absolute atomic E-state index is 0.0787. The molecule has 0 radical (unpaired) electrons. The number of rotatable bonds is 5.